The van der Waals surface area contributed by atoms with Crippen LogP contribution < -0.4 is 10.6 Å². The van der Waals surface area contributed by atoms with Gasteiger partial charge in [0.2, 0.25) is 0 Å². The van der Waals surface area contributed by atoms with Crippen LogP contribution >= 0.6 is 12.2 Å². The Balaban J connectivity index is 1.96. The second-order valence-corrected chi connectivity index (χ2v) is 4.91. The smallest absolute Gasteiger partial charge is 0.199 e. The van der Waals surface area contributed by atoms with Crippen LogP contribution in [0.3, 0.4) is 0 Å². The lowest BCUT2D eigenvalue weighted by atomic mass is 10.2. The fourth-order valence-electron chi connectivity index (χ4n) is 2.20. The lowest BCUT2D eigenvalue weighted by Crippen LogP contribution is -2.36. The molecular weight excluding hydrogens is 274 g/mol. The molecule has 0 radical (unpaired) electrons. The van der Waals surface area contributed by atoms with Gasteiger partial charge in [0.15, 0.2) is 4.77 Å². The Morgan fingerprint density at radius 1 is 1.30 bits per heavy atom. The number of pyridine rings is 1. The zero-order valence-corrected chi connectivity index (χ0v) is 11.7. The number of nitrogens with zero attached hydrogens (tertiary/aromatic N) is 3. The van der Waals surface area contributed by atoms with Crippen LogP contribution in [0.25, 0.3) is 11.4 Å². The number of nitrogens with one attached hydrogen (secondary N) is 1. The first-order valence-corrected chi connectivity index (χ1v) is 6.79. The lowest BCUT2D eigenvalue weighted by molar-refractivity contribution is 0.122. The van der Waals surface area contributed by atoms with Gasteiger partial charge in [0.05, 0.1) is 24.6 Å². The van der Waals surface area contributed by atoms with Crippen LogP contribution in [-0.4, -0.2) is 41.3 Å². The number of ether oxygens (including phenoxy) is 1. The molecule has 3 N–H and O–H groups in total. The van der Waals surface area contributed by atoms with Crippen molar-refractivity contribution < 1.29 is 4.74 Å². The number of nitrogen functional groups attached to an aromatic ring is 1. The van der Waals surface area contributed by atoms with Gasteiger partial charge in [-0.2, -0.15) is 0 Å². The lowest BCUT2D eigenvalue weighted by Gasteiger charge is -2.28. The Bertz CT molecular complexity index is 666. The van der Waals surface area contributed by atoms with Crippen molar-refractivity contribution in [1.82, 2.24) is 15.0 Å². The molecule has 0 spiro atoms. The number of aromatic amines is 1. The van der Waals surface area contributed by atoms with E-state index in [4.69, 9.17) is 22.7 Å². The molecule has 7 heteroatoms. The Kier molecular flexibility index (Phi) is 3.62. The molecule has 1 aliphatic rings. The summed E-state index contributed by atoms with van der Waals surface area (Å²) in [6.45, 7) is 3.28. The van der Waals surface area contributed by atoms with Crippen molar-refractivity contribution in [1.29, 1.82) is 0 Å². The van der Waals surface area contributed by atoms with Crippen LogP contribution in [0, 0.1) is 4.77 Å². The van der Waals surface area contributed by atoms with Crippen molar-refractivity contribution in [3.05, 3.63) is 29.2 Å². The van der Waals surface area contributed by atoms with Crippen LogP contribution in [0.5, 0.6) is 0 Å². The van der Waals surface area contributed by atoms with E-state index >= 15 is 0 Å². The Morgan fingerprint density at radius 2 is 2.10 bits per heavy atom. The minimum absolute atomic E-state index is 0.360. The van der Waals surface area contributed by atoms with Crippen LogP contribution in [-0.2, 0) is 4.74 Å². The third-order valence-electron chi connectivity index (χ3n) is 3.16. The summed E-state index contributed by atoms with van der Waals surface area (Å²) in [5, 5.41) is 0. The normalized spacial score (nSPS) is 15.3. The van der Waals surface area contributed by atoms with E-state index in [-0.39, 0.29) is 0 Å². The van der Waals surface area contributed by atoms with E-state index in [0.29, 0.717) is 10.6 Å². The highest BCUT2D eigenvalue weighted by atomic mass is 32.1. The SMILES string of the molecule is Nc1cc(-c2cc(N3CCOCC3)ccn2)[nH]c(=S)n1. The predicted molar refractivity (Wildman–Crippen MR) is 80.1 cm³/mol. The molecule has 0 atom stereocenters. The number of hydrogen-bond acceptors (Lipinski definition) is 6. The van der Waals surface area contributed by atoms with Gasteiger partial charge in [0, 0.05) is 31.0 Å². The molecular formula is C13H15N5OS. The first kappa shape index (κ1) is 13.0. The molecule has 1 fully saturated rings. The number of hydrogen-bond donors (Lipinski definition) is 2. The fourth-order valence-corrected chi connectivity index (χ4v) is 2.41. The Labute approximate surface area is 121 Å². The number of anilines is 2. The first-order chi connectivity index (χ1) is 9.72. The van der Waals surface area contributed by atoms with Gasteiger partial charge in [0.1, 0.15) is 5.82 Å². The van der Waals surface area contributed by atoms with E-state index < -0.39 is 0 Å². The van der Waals surface area contributed by atoms with E-state index in [0.717, 1.165) is 43.4 Å². The maximum Gasteiger partial charge on any atom is 0.199 e. The van der Waals surface area contributed by atoms with Gasteiger partial charge in [0.25, 0.3) is 0 Å². The van der Waals surface area contributed by atoms with Gasteiger partial charge in [-0.25, -0.2) is 4.98 Å². The van der Waals surface area contributed by atoms with Gasteiger partial charge in [-0.15, -0.1) is 0 Å². The quantitative estimate of drug-likeness (QED) is 0.818. The van der Waals surface area contributed by atoms with E-state index in [1.54, 1.807) is 12.3 Å². The van der Waals surface area contributed by atoms with Crippen molar-refractivity contribution in [2.75, 3.05) is 36.9 Å². The summed E-state index contributed by atoms with van der Waals surface area (Å²) in [5.74, 6) is 0.391. The van der Waals surface area contributed by atoms with Crippen molar-refractivity contribution in [3.8, 4) is 11.4 Å². The summed E-state index contributed by atoms with van der Waals surface area (Å²) in [5.41, 5.74) is 8.42. The molecule has 0 aromatic carbocycles. The average Bonchev–Trinajstić information content (AvgIpc) is 2.47. The Hall–Kier alpha value is -1.99. The highest BCUT2D eigenvalue weighted by Crippen LogP contribution is 2.22. The van der Waals surface area contributed by atoms with E-state index in [1.165, 1.54) is 0 Å². The zero-order chi connectivity index (χ0) is 13.9. The van der Waals surface area contributed by atoms with Gasteiger partial charge in [-0.1, -0.05) is 0 Å². The summed E-state index contributed by atoms with van der Waals surface area (Å²) in [4.78, 5) is 13.6. The highest BCUT2D eigenvalue weighted by Gasteiger charge is 2.12. The van der Waals surface area contributed by atoms with Gasteiger partial charge < -0.3 is 20.4 Å². The fraction of sp³-hybridized carbons (Fsp3) is 0.308. The molecule has 0 aliphatic carbocycles. The molecule has 1 saturated heterocycles. The van der Waals surface area contributed by atoms with Crippen molar-refractivity contribution in [2.45, 2.75) is 0 Å². The molecule has 0 amide bonds. The molecule has 3 rings (SSSR count). The summed E-state index contributed by atoms with van der Waals surface area (Å²) >= 11 is 5.04. The van der Waals surface area contributed by atoms with Crippen LogP contribution in [0.2, 0.25) is 0 Å². The maximum absolute atomic E-state index is 5.73. The predicted octanol–water partition coefficient (Wildman–Crippen LogP) is 1.62. The molecule has 3 heterocycles. The topological polar surface area (TPSA) is 80.1 Å². The summed E-state index contributed by atoms with van der Waals surface area (Å²) < 4.78 is 5.73. The number of aromatic nitrogens is 3. The minimum atomic E-state index is 0.360. The van der Waals surface area contributed by atoms with Crippen LogP contribution in [0.1, 0.15) is 0 Å². The Morgan fingerprint density at radius 3 is 2.85 bits per heavy atom. The molecule has 0 saturated carbocycles. The van der Waals surface area contributed by atoms with Gasteiger partial charge in [-0.3, -0.25) is 4.98 Å². The standard InChI is InChI=1S/C13H15N5OS/c14-12-8-11(16-13(20)17-12)10-7-9(1-2-15-10)18-3-5-19-6-4-18/h1-2,7-8H,3-6H2,(H3,14,16,17,20). The van der Waals surface area contributed by atoms with Crippen molar-refractivity contribution >= 4 is 23.7 Å². The second kappa shape index (κ2) is 5.56. The van der Waals surface area contributed by atoms with E-state index in [9.17, 15) is 0 Å². The van der Waals surface area contributed by atoms with Crippen LogP contribution in [0.4, 0.5) is 11.5 Å². The molecule has 6 nitrogen and oxygen atoms in total. The molecule has 104 valence electrons. The third kappa shape index (κ3) is 2.78. The van der Waals surface area contributed by atoms with E-state index in [2.05, 4.69) is 19.9 Å². The summed E-state index contributed by atoms with van der Waals surface area (Å²) in [6.07, 6.45) is 1.79. The molecule has 0 bridgehead atoms. The second-order valence-electron chi connectivity index (χ2n) is 4.52. The maximum atomic E-state index is 5.73. The monoisotopic (exact) mass is 289 g/mol. The summed E-state index contributed by atoms with van der Waals surface area (Å²) in [6, 6.07) is 5.75. The number of H-pyrrole nitrogens is 1. The molecule has 2 aromatic rings. The zero-order valence-electron chi connectivity index (χ0n) is 10.9. The van der Waals surface area contributed by atoms with Crippen molar-refractivity contribution in [2.24, 2.45) is 0 Å². The minimum Gasteiger partial charge on any atom is -0.384 e. The van der Waals surface area contributed by atoms with Crippen molar-refractivity contribution in [3.63, 3.8) is 0 Å². The average molecular weight is 289 g/mol. The van der Waals surface area contributed by atoms with Gasteiger partial charge >= 0.3 is 0 Å². The number of morpholine rings is 1. The number of rotatable bonds is 2. The number of nitrogens with two attached hydrogens (primary N) is 1. The highest BCUT2D eigenvalue weighted by molar-refractivity contribution is 7.71. The molecule has 20 heavy (non-hydrogen) atoms. The first-order valence-electron chi connectivity index (χ1n) is 6.38. The van der Waals surface area contributed by atoms with Crippen LogP contribution in [0.15, 0.2) is 24.4 Å². The summed E-state index contributed by atoms with van der Waals surface area (Å²) in [7, 11) is 0. The molecule has 2 aromatic heterocycles. The molecule has 1 aliphatic heterocycles. The van der Waals surface area contributed by atoms with E-state index in [1.807, 2.05) is 12.1 Å². The largest absolute Gasteiger partial charge is 0.384 e. The van der Waals surface area contributed by atoms with Gasteiger partial charge in [-0.05, 0) is 24.4 Å². The third-order valence-corrected chi connectivity index (χ3v) is 3.35. The molecule has 0 unspecified atom stereocenters.